The van der Waals surface area contributed by atoms with Crippen molar-refractivity contribution in [3.8, 4) is 5.75 Å². The highest BCUT2D eigenvalue weighted by Gasteiger charge is 2.06. The molecular weight excluding hydrogens is 350 g/mol. The minimum Gasteiger partial charge on any atom is -0.494 e. The zero-order valence-electron chi connectivity index (χ0n) is 16.7. The third-order valence-corrected chi connectivity index (χ3v) is 4.52. The van der Waals surface area contributed by atoms with Crippen molar-refractivity contribution in [2.24, 2.45) is 0 Å². The van der Waals surface area contributed by atoms with Crippen molar-refractivity contribution in [2.75, 3.05) is 6.61 Å². The van der Waals surface area contributed by atoms with Crippen molar-refractivity contribution in [2.45, 2.75) is 40.3 Å². The second-order valence-electron chi connectivity index (χ2n) is 6.94. The van der Waals surface area contributed by atoms with Gasteiger partial charge in [0.15, 0.2) is 0 Å². The molecule has 0 saturated carbocycles. The average Bonchev–Trinajstić information content (AvgIpc) is 2.99. The molecule has 1 aromatic heterocycles. The molecule has 0 fully saturated rings. The van der Waals surface area contributed by atoms with Gasteiger partial charge in [-0.25, -0.2) is 0 Å². The molecule has 5 heteroatoms. The lowest BCUT2D eigenvalue weighted by atomic mass is 10.1. The quantitative estimate of drug-likeness (QED) is 0.649. The summed E-state index contributed by atoms with van der Waals surface area (Å²) in [6, 6.07) is 18.0. The van der Waals surface area contributed by atoms with Crippen LogP contribution in [-0.4, -0.2) is 22.3 Å². The minimum atomic E-state index is 0.00751. The number of nitrogens with zero attached hydrogens (tertiary/aromatic N) is 2. The molecule has 0 unspecified atom stereocenters. The number of benzene rings is 2. The number of hydrogen-bond donors (Lipinski definition) is 1. The Labute approximate surface area is 166 Å². The fourth-order valence-electron chi connectivity index (χ4n) is 3.16. The van der Waals surface area contributed by atoms with Crippen LogP contribution in [-0.2, 0) is 24.3 Å². The van der Waals surface area contributed by atoms with Crippen molar-refractivity contribution >= 4 is 5.91 Å². The maximum Gasteiger partial charge on any atom is 0.224 e. The SMILES string of the molecule is CCOc1ccc(CC(=O)NCc2cccc(Cn3nc(C)cc3C)c2)cc1. The third kappa shape index (κ3) is 5.46. The highest BCUT2D eigenvalue weighted by molar-refractivity contribution is 5.78. The number of amides is 1. The van der Waals surface area contributed by atoms with E-state index in [0.717, 1.165) is 34.8 Å². The first kappa shape index (κ1) is 19.7. The zero-order chi connectivity index (χ0) is 19.9. The Kier molecular flexibility index (Phi) is 6.48. The van der Waals surface area contributed by atoms with E-state index in [4.69, 9.17) is 4.74 Å². The van der Waals surface area contributed by atoms with Gasteiger partial charge in [0, 0.05) is 12.2 Å². The predicted octanol–water partition coefficient (Wildman–Crippen LogP) is 3.81. The van der Waals surface area contributed by atoms with Gasteiger partial charge in [-0.3, -0.25) is 9.48 Å². The number of nitrogens with one attached hydrogen (secondary N) is 1. The van der Waals surface area contributed by atoms with Gasteiger partial charge in [0.1, 0.15) is 5.75 Å². The molecule has 146 valence electrons. The average molecular weight is 377 g/mol. The number of aryl methyl sites for hydroxylation is 2. The molecule has 1 N–H and O–H groups in total. The summed E-state index contributed by atoms with van der Waals surface area (Å²) < 4.78 is 7.43. The summed E-state index contributed by atoms with van der Waals surface area (Å²) in [6.45, 7) is 7.89. The van der Waals surface area contributed by atoms with E-state index in [1.54, 1.807) is 0 Å². The van der Waals surface area contributed by atoms with Gasteiger partial charge in [-0.2, -0.15) is 5.10 Å². The Morgan fingerprint density at radius 1 is 1.04 bits per heavy atom. The van der Waals surface area contributed by atoms with E-state index < -0.39 is 0 Å². The van der Waals surface area contributed by atoms with Gasteiger partial charge in [-0.15, -0.1) is 0 Å². The Morgan fingerprint density at radius 2 is 1.79 bits per heavy atom. The van der Waals surface area contributed by atoms with E-state index in [2.05, 4.69) is 35.5 Å². The molecule has 0 aliphatic rings. The number of carbonyl (C=O) groups excluding carboxylic acids is 1. The topological polar surface area (TPSA) is 56.1 Å². The lowest BCUT2D eigenvalue weighted by Crippen LogP contribution is -2.24. The molecular formula is C23H27N3O2. The summed E-state index contributed by atoms with van der Waals surface area (Å²) >= 11 is 0. The lowest BCUT2D eigenvalue weighted by Gasteiger charge is -2.09. The summed E-state index contributed by atoms with van der Waals surface area (Å²) in [6.07, 6.45) is 0.359. The van der Waals surface area contributed by atoms with Gasteiger partial charge < -0.3 is 10.1 Å². The number of rotatable bonds is 8. The summed E-state index contributed by atoms with van der Waals surface area (Å²) in [5.41, 5.74) is 5.39. The van der Waals surface area contributed by atoms with E-state index >= 15 is 0 Å². The van der Waals surface area contributed by atoms with Crippen LogP contribution in [0.2, 0.25) is 0 Å². The second kappa shape index (κ2) is 9.22. The van der Waals surface area contributed by atoms with Gasteiger partial charge in [-0.05, 0) is 55.7 Å². The summed E-state index contributed by atoms with van der Waals surface area (Å²) in [4.78, 5) is 12.3. The Balaban J connectivity index is 1.54. The van der Waals surface area contributed by atoms with Crippen LogP contribution in [0.5, 0.6) is 5.75 Å². The van der Waals surface area contributed by atoms with Gasteiger partial charge in [0.2, 0.25) is 5.91 Å². The van der Waals surface area contributed by atoms with Crippen LogP contribution in [0.3, 0.4) is 0 Å². The van der Waals surface area contributed by atoms with Crippen LogP contribution in [0, 0.1) is 13.8 Å². The van der Waals surface area contributed by atoms with Crippen molar-refractivity contribution in [3.63, 3.8) is 0 Å². The van der Waals surface area contributed by atoms with Gasteiger partial charge in [0.25, 0.3) is 0 Å². The largest absolute Gasteiger partial charge is 0.494 e. The molecule has 1 heterocycles. The van der Waals surface area contributed by atoms with Crippen LogP contribution in [0.4, 0.5) is 0 Å². The van der Waals surface area contributed by atoms with Crippen LogP contribution in [0.1, 0.15) is 35.0 Å². The number of hydrogen-bond acceptors (Lipinski definition) is 3. The predicted molar refractivity (Wildman–Crippen MR) is 110 cm³/mol. The first-order valence-corrected chi connectivity index (χ1v) is 9.61. The fraction of sp³-hybridized carbons (Fsp3) is 0.304. The monoisotopic (exact) mass is 377 g/mol. The highest BCUT2D eigenvalue weighted by Crippen LogP contribution is 2.13. The number of ether oxygens (including phenoxy) is 1. The Hall–Kier alpha value is -3.08. The van der Waals surface area contributed by atoms with Crippen molar-refractivity contribution < 1.29 is 9.53 Å². The van der Waals surface area contributed by atoms with E-state index in [1.165, 1.54) is 5.56 Å². The smallest absolute Gasteiger partial charge is 0.224 e. The van der Waals surface area contributed by atoms with E-state index in [9.17, 15) is 4.79 Å². The maximum atomic E-state index is 12.3. The summed E-state index contributed by atoms with van der Waals surface area (Å²) in [5.74, 6) is 0.833. The minimum absolute atomic E-state index is 0.00751. The van der Waals surface area contributed by atoms with Gasteiger partial charge in [-0.1, -0.05) is 36.4 Å². The standard InChI is InChI=1S/C23H27N3O2/c1-4-28-22-10-8-19(9-11-22)14-23(27)24-15-20-6-5-7-21(13-20)16-26-18(3)12-17(2)25-26/h5-13H,4,14-16H2,1-3H3,(H,24,27). The van der Waals surface area contributed by atoms with E-state index in [0.29, 0.717) is 19.6 Å². The molecule has 0 bridgehead atoms. The van der Waals surface area contributed by atoms with Crippen LogP contribution < -0.4 is 10.1 Å². The molecule has 28 heavy (non-hydrogen) atoms. The number of aromatic nitrogens is 2. The molecule has 0 radical (unpaired) electrons. The van der Waals surface area contributed by atoms with Crippen molar-refractivity contribution in [1.82, 2.24) is 15.1 Å². The molecule has 3 aromatic rings. The van der Waals surface area contributed by atoms with E-state index in [1.807, 2.05) is 54.9 Å². The first-order chi connectivity index (χ1) is 13.5. The molecule has 0 atom stereocenters. The molecule has 2 aromatic carbocycles. The first-order valence-electron chi connectivity index (χ1n) is 9.61. The zero-order valence-corrected chi connectivity index (χ0v) is 16.7. The summed E-state index contributed by atoms with van der Waals surface area (Å²) in [7, 11) is 0. The van der Waals surface area contributed by atoms with Crippen LogP contribution in [0.25, 0.3) is 0 Å². The van der Waals surface area contributed by atoms with Gasteiger partial charge >= 0.3 is 0 Å². The fourth-order valence-corrected chi connectivity index (χ4v) is 3.16. The van der Waals surface area contributed by atoms with Crippen molar-refractivity contribution in [1.29, 1.82) is 0 Å². The van der Waals surface area contributed by atoms with Crippen LogP contribution >= 0.6 is 0 Å². The normalized spacial score (nSPS) is 10.7. The Bertz CT molecular complexity index is 929. The molecule has 5 nitrogen and oxygen atoms in total. The van der Waals surface area contributed by atoms with Crippen LogP contribution in [0.15, 0.2) is 54.6 Å². The third-order valence-electron chi connectivity index (χ3n) is 4.52. The van der Waals surface area contributed by atoms with Gasteiger partial charge in [0.05, 0.1) is 25.3 Å². The molecule has 0 aliphatic heterocycles. The molecule has 3 rings (SSSR count). The van der Waals surface area contributed by atoms with Crippen molar-refractivity contribution in [3.05, 3.63) is 82.7 Å². The number of carbonyl (C=O) groups is 1. The summed E-state index contributed by atoms with van der Waals surface area (Å²) in [5, 5.41) is 7.51. The van der Waals surface area contributed by atoms with E-state index in [-0.39, 0.29) is 5.91 Å². The molecule has 0 spiro atoms. The molecule has 1 amide bonds. The second-order valence-corrected chi connectivity index (χ2v) is 6.94. The Morgan fingerprint density at radius 3 is 2.46 bits per heavy atom. The molecule has 0 saturated heterocycles. The lowest BCUT2D eigenvalue weighted by molar-refractivity contribution is -0.120. The maximum absolute atomic E-state index is 12.3. The highest BCUT2D eigenvalue weighted by atomic mass is 16.5. The molecule has 0 aliphatic carbocycles.